The molecule has 0 saturated carbocycles. The van der Waals surface area contributed by atoms with Crippen molar-refractivity contribution in [1.82, 2.24) is 10.9 Å². The molecule has 0 saturated heterocycles. The van der Waals surface area contributed by atoms with Crippen LogP contribution in [0.25, 0.3) is 0 Å². The van der Waals surface area contributed by atoms with Gasteiger partial charge in [0.15, 0.2) is 6.10 Å². The molecule has 0 spiro atoms. The Kier molecular flexibility index (Phi) is 5.75. The zero-order chi connectivity index (χ0) is 17.9. The fraction of sp³-hybridized carbons (Fsp3) is 0.250. The van der Waals surface area contributed by atoms with Gasteiger partial charge in [-0.25, -0.2) is 0 Å². The van der Waals surface area contributed by atoms with Gasteiger partial charge in [-0.3, -0.25) is 20.4 Å². The molecule has 2 rings (SSSR count). The van der Waals surface area contributed by atoms with Crippen LogP contribution in [0.2, 0.25) is 10.0 Å². The lowest BCUT2D eigenvalue weighted by Crippen LogP contribution is -2.47. The maximum atomic E-state index is 12.0. The smallest absolute Gasteiger partial charge is 0.279 e. The van der Waals surface area contributed by atoms with Crippen LogP contribution in [0.4, 0.5) is 0 Å². The third-order valence-electron chi connectivity index (χ3n) is 3.15. The summed E-state index contributed by atoms with van der Waals surface area (Å²) in [5.74, 6) is 0.382. The number of benzene rings is 1. The van der Waals surface area contributed by atoms with Crippen LogP contribution in [-0.2, 0) is 4.79 Å². The van der Waals surface area contributed by atoms with Gasteiger partial charge < -0.3 is 9.15 Å². The number of furan rings is 1. The van der Waals surface area contributed by atoms with Crippen LogP contribution < -0.4 is 15.6 Å². The fourth-order valence-corrected chi connectivity index (χ4v) is 2.41. The van der Waals surface area contributed by atoms with Gasteiger partial charge in [-0.15, -0.1) is 0 Å². The molecule has 0 aliphatic carbocycles. The SMILES string of the molecule is Cc1cc(C(=O)NNC(=O)[C@@H](C)Oc2ccc(Cl)cc2Cl)c(C)o1. The van der Waals surface area contributed by atoms with E-state index in [-0.39, 0.29) is 5.02 Å². The molecule has 8 heteroatoms. The molecule has 0 radical (unpaired) electrons. The van der Waals surface area contributed by atoms with Crippen molar-refractivity contribution in [2.24, 2.45) is 0 Å². The zero-order valence-corrected chi connectivity index (χ0v) is 14.8. The Balaban J connectivity index is 1.92. The average molecular weight is 371 g/mol. The average Bonchev–Trinajstić information content (AvgIpc) is 2.85. The van der Waals surface area contributed by atoms with Gasteiger partial charge >= 0.3 is 0 Å². The molecule has 2 N–H and O–H groups in total. The summed E-state index contributed by atoms with van der Waals surface area (Å²) in [5.41, 5.74) is 4.95. The number of nitrogens with one attached hydrogen (secondary N) is 2. The molecular formula is C16H16Cl2N2O4. The number of amides is 2. The molecule has 0 fully saturated rings. The number of ether oxygens (including phenoxy) is 1. The van der Waals surface area contributed by atoms with Crippen LogP contribution in [0.1, 0.15) is 28.8 Å². The quantitative estimate of drug-likeness (QED) is 0.807. The van der Waals surface area contributed by atoms with E-state index in [0.717, 1.165) is 0 Å². The summed E-state index contributed by atoms with van der Waals surface area (Å²) in [6.45, 7) is 4.92. The van der Waals surface area contributed by atoms with E-state index in [1.165, 1.54) is 13.0 Å². The van der Waals surface area contributed by atoms with Crippen LogP contribution in [0, 0.1) is 13.8 Å². The second-order valence-electron chi connectivity index (χ2n) is 5.11. The lowest BCUT2D eigenvalue weighted by molar-refractivity contribution is -0.128. The van der Waals surface area contributed by atoms with Crippen molar-refractivity contribution in [3.8, 4) is 5.75 Å². The van der Waals surface area contributed by atoms with Gasteiger partial charge in [0.05, 0.1) is 10.6 Å². The maximum absolute atomic E-state index is 12.0. The van der Waals surface area contributed by atoms with Gasteiger partial charge in [-0.1, -0.05) is 23.2 Å². The minimum absolute atomic E-state index is 0.288. The Hall–Kier alpha value is -2.18. The number of halogens is 2. The van der Waals surface area contributed by atoms with Crippen LogP contribution >= 0.6 is 23.2 Å². The monoisotopic (exact) mass is 370 g/mol. The first-order valence-corrected chi connectivity index (χ1v) is 7.82. The first kappa shape index (κ1) is 18.2. The highest BCUT2D eigenvalue weighted by molar-refractivity contribution is 6.35. The van der Waals surface area contributed by atoms with Crippen molar-refractivity contribution in [3.05, 3.63) is 51.4 Å². The second-order valence-corrected chi connectivity index (χ2v) is 5.95. The van der Waals surface area contributed by atoms with Crippen LogP contribution in [0.15, 0.2) is 28.7 Å². The Labute approximate surface area is 149 Å². The van der Waals surface area contributed by atoms with E-state index in [9.17, 15) is 9.59 Å². The first-order valence-electron chi connectivity index (χ1n) is 7.07. The summed E-state index contributed by atoms with van der Waals surface area (Å²) in [4.78, 5) is 24.0. The molecule has 1 atom stereocenters. The van der Waals surface area contributed by atoms with Crippen molar-refractivity contribution in [2.45, 2.75) is 26.9 Å². The molecule has 0 bridgehead atoms. The molecule has 128 valence electrons. The van der Waals surface area contributed by atoms with E-state index in [0.29, 0.717) is 27.9 Å². The lowest BCUT2D eigenvalue weighted by atomic mass is 10.2. The predicted octanol–water partition coefficient (Wildman–Crippen LogP) is 3.43. The predicted molar refractivity (Wildman–Crippen MR) is 90.3 cm³/mol. The van der Waals surface area contributed by atoms with Crippen molar-refractivity contribution in [1.29, 1.82) is 0 Å². The standard InChI is InChI=1S/C16H16Cl2N2O4/c1-8-6-12(9(2)23-8)16(22)20-19-15(21)10(3)24-14-5-4-11(17)7-13(14)18/h4-7,10H,1-3H3,(H,19,21)(H,20,22)/t10-/m1/s1. The van der Waals surface area contributed by atoms with Crippen molar-refractivity contribution < 1.29 is 18.7 Å². The van der Waals surface area contributed by atoms with Crippen LogP contribution in [0.5, 0.6) is 5.75 Å². The van der Waals surface area contributed by atoms with Gasteiger partial charge in [0, 0.05) is 5.02 Å². The first-order chi connectivity index (χ1) is 11.3. The second kappa shape index (κ2) is 7.59. The molecule has 0 unspecified atom stereocenters. The molecule has 0 aliphatic rings. The number of hydrogen-bond donors (Lipinski definition) is 2. The summed E-state index contributed by atoms with van der Waals surface area (Å²) in [6, 6.07) is 6.25. The number of carbonyl (C=O) groups excluding carboxylic acids is 2. The molecule has 1 aromatic carbocycles. The minimum Gasteiger partial charge on any atom is -0.479 e. The molecular weight excluding hydrogens is 355 g/mol. The highest BCUT2D eigenvalue weighted by Crippen LogP contribution is 2.28. The molecule has 1 heterocycles. The molecule has 2 amide bonds. The fourth-order valence-electron chi connectivity index (χ4n) is 1.96. The van der Waals surface area contributed by atoms with E-state index < -0.39 is 17.9 Å². The third-order valence-corrected chi connectivity index (χ3v) is 3.68. The summed E-state index contributed by atoms with van der Waals surface area (Å²) in [7, 11) is 0. The Bertz CT molecular complexity index is 773. The van der Waals surface area contributed by atoms with Crippen molar-refractivity contribution in [2.75, 3.05) is 0 Å². The number of hydrazine groups is 1. The number of carbonyl (C=O) groups is 2. The van der Waals surface area contributed by atoms with Gasteiger partial charge in [-0.2, -0.15) is 0 Å². The van der Waals surface area contributed by atoms with Gasteiger partial charge in [-0.05, 0) is 45.0 Å². The maximum Gasteiger partial charge on any atom is 0.279 e. The summed E-state index contributed by atoms with van der Waals surface area (Å²) < 4.78 is 10.7. The molecule has 2 aromatic rings. The zero-order valence-electron chi connectivity index (χ0n) is 13.3. The van der Waals surface area contributed by atoms with Gasteiger partial charge in [0.25, 0.3) is 11.8 Å². The topological polar surface area (TPSA) is 80.6 Å². The number of rotatable bonds is 4. The lowest BCUT2D eigenvalue weighted by Gasteiger charge is -2.16. The molecule has 1 aromatic heterocycles. The van der Waals surface area contributed by atoms with E-state index in [4.69, 9.17) is 32.4 Å². The van der Waals surface area contributed by atoms with Crippen LogP contribution in [-0.4, -0.2) is 17.9 Å². The highest BCUT2D eigenvalue weighted by Gasteiger charge is 2.19. The number of hydrogen-bond acceptors (Lipinski definition) is 4. The molecule has 6 nitrogen and oxygen atoms in total. The summed E-state index contributed by atoms with van der Waals surface area (Å²) in [6.07, 6.45) is -0.879. The van der Waals surface area contributed by atoms with Crippen molar-refractivity contribution >= 4 is 35.0 Å². The largest absolute Gasteiger partial charge is 0.479 e. The normalized spacial score (nSPS) is 11.7. The Morgan fingerprint density at radius 1 is 1.17 bits per heavy atom. The van der Waals surface area contributed by atoms with E-state index in [1.54, 1.807) is 32.0 Å². The van der Waals surface area contributed by atoms with E-state index in [1.807, 2.05) is 0 Å². The minimum atomic E-state index is -0.879. The van der Waals surface area contributed by atoms with E-state index in [2.05, 4.69) is 10.9 Å². The van der Waals surface area contributed by atoms with Gasteiger partial charge in [0.1, 0.15) is 17.3 Å². The summed E-state index contributed by atoms with van der Waals surface area (Å²) in [5, 5.41) is 0.748. The summed E-state index contributed by atoms with van der Waals surface area (Å²) >= 11 is 11.8. The molecule has 0 aliphatic heterocycles. The number of aryl methyl sites for hydroxylation is 2. The Morgan fingerprint density at radius 3 is 2.46 bits per heavy atom. The Morgan fingerprint density at radius 2 is 1.88 bits per heavy atom. The molecule has 24 heavy (non-hydrogen) atoms. The van der Waals surface area contributed by atoms with E-state index >= 15 is 0 Å². The van der Waals surface area contributed by atoms with Crippen LogP contribution in [0.3, 0.4) is 0 Å². The van der Waals surface area contributed by atoms with Crippen molar-refractivity contribution in [3.63, 3.8) is 0 Å². The third kappa shape index (κ3) is 4.43. The highest BCUT2D eigenvalue weighted by atomic mass is 35.5. The van der Waals surface area contributed by atoms with Gasteiger partial charge in [0.2, 0.25) is 0 Å².